The second kappa shape index (κ2) is 7.38. The number of ketones is 1. The first-order chi connectivity index (χ1) is 11.5. The third-order valence-corrected chi connectivity index (χ3v) is 4.87. The lowest BCUT2D eigenvalue weighted by molar-refractivity contribution is 0.0988. The van der Waals surface area contributed by atoms with E-state index in [-0.39, 0.29) is 22.5 Å². The Morgan fingerprint density at radius 1 is 1.42 bits per heavy atom. The van der Waals surface area contributed by atoms with Gasteiger partial charge in [-0.2, -0.15) is 0 Å². The van der Waals surface area contributed by atoms with Gasteiger partial charge in [0.2, 0.25) is 0 Å². The highest BCUT2D eigenvalue weighted by atomic mass is 79.9. The Morgan fingerprint density at radius 2 is 2.25 bits per heavy atom. The molecule has 0 radical (unpaired) electrons. The summed E-state index contributed by atoms with van der Waals surface area (Å²) in [4.78, 5) is 23.0. The molecule has 0 unspecified atom stereocenters. The lowest BCUT2D eigenvalue weighted by Crippen LogP contribution is -2.35. The molecule has 0 bridgehead atoms. The molecule has 1 atom stereocenters. The van der Waals surface area contributed by atoms with Gasteiger partial charge < -0.3 is 4.90 Å². The summed E-state index contributed by atoms with van der Waals surface area (Å²) in [5.74, 6) is 0.0242. The Labute approximate surface area is 149 Å². The van der Waals surface area contributed by atoms with Crippen LogP contribution in [-0.4, -0.2) is 28.8 Å². The molecule has 2 aromatic heterocycles. The van der Waals surface area contributed by atoms with Gasteiger partial charge in [-0.1, -0.05) is 6.92 Å². The highest BCUT2D eigenvalue weighted by Gasteiger charge is 2.20. The minimum absolute atomic E-state index is 0.0598. The molecule has 1 fully saturated rings. The lowest BCUT2D eigenvalue weighted by atomic mass is 9.98. The average Bonchev–Trinajstić information content (AvgIpc) is 2.58. The number of rotatable bonds is 4. The number of pyridine rings is 2. The van der Waals surface area contributed by atoms with Gasteiger partial charge in [0, 0.05) is 43.2 Å². The summed E-state index contributed by atoms with van der Waals surface area (Å²) in [5, 5.41) is 0. The molecule has 0 N–H and O–H groups in total. The smallest absolute Gasteiger partial charge is 0.185 e. The van der Waals surface area contributed by atoms with Crippen molar-refractivity contribution in [2.75, 3.05) is 18.0 Å². The van der Waals surface area contributed by atoms with Crippen molar-refractivity contribution in [3.05, 3.63) is 52.3 Å². The molecule has 6 heteroatoms. The third kappa shape index (κ3) is 3.80. The highest BCUT2D eigenvalue weighted by molar-refractivity contribution is 9.10. The number of hydrogen-bond acceptors (Lipinski definition) is 4. The Bertz CT molecular complexity index is 753. The van der Waals surface area contributed by atoms with Crippen LogP contribution >= 0.6 is 15.9 Å². The second-order valence-corrected chi connectivity index (χ2v) is 7.02. The molecule has 0 amide bonds. The van der Waals surface area contributed by atoms with E-state index >= 15 is 0 Å². The zero-order valence-corrected chi connectivity index (χ0v) is 15.1. The Balaban J connectivity index is 1.82. The predicted molar refractivity (Wildman–Crippen MR) is 94.8 cm³/mol. The molecular formula is C18H19BrFN3O. The van der Waals surface area contributed by atoms with Gasteiger partial charge in [-0.05, 0) is 52.9 Å². The van der Waals surface area contributed by atoms with Crippen LogP contribution < -0.4 is 4.90 Å². The molecule has 1 aliphatic heterocycles. The van der Waals surface area contributed by atoms with Crippen LogP contribution in [0.2, 0.25) is 0 Å². The van der Waals surface area contributed by atoms with Crippen molar-refractivity contribution in [1.82, 2.24) is 9.97 Å². The quantitative estimate of drug-likeness (QED) is 0.582. The topological polar surface area (TPSA) is 46.1 Å². The maximum Gasteiger partial charge on any atom is 0.185 e. The van der Waals surface area contributed by atoms with Crippen molar-refractivity contribution >= 4 is 27.4 Å². The van der Waals surface area contributed by atoms with Crippen LogP contribution in [0.5, 0.6) is 0 Å². The first-order valence-electron chi connectivity index (χ1n) is 8.07. The molecule has 1 saturated heterocycles. The number of hydrogen-bond donors (Lipinski definition) is 0. The van der Waals surface area contributed by atoms with E-state index in [4.69, 9.17) is 0 Å². The SMILES string of the molecule is C[C@H]1CCCN(c2ccncc2CC(=O)c2ccc(F)c(Br)n2)C1. The zero-order chi connectivity index (χ0) is 17.1. The molecule has 0 aromatic carbocycles. The van der Waals surface area contributed by atoms with Crippen molar-refractivity contribution < 1.29 is 9.18 Å². The standard InChI is InChI=1S/C18H19BrFN3O/c1-12-3-2-8-23(11-12)16-6-7-21-10-13(16)9-17(24)15-5-4-14(20)18(19)22-15/h4-7,10,12H,2-3,8-9,11H2,1H3/t12-/m0/s1. The fourth-order valence-electron chi connectivity index (χ4n) is 3.11. The molecule has 2 aromatic rings. The van der Waals surface area contributed by atoms with Crippen LogP contribution in [0, 0.1) is 11.7 Å². The maximum atomic E-state index is 13.3. The van der Waals surface area contributed by atoms with Gasteiger partial charge in [-0.3, -0.25) is 9.78 Å². The summed E-state index contributed by atoms with van der Waals surface area (Å²) >= 11 is 3.02. The third-order valence-electron chi connectivity index (χ3n) is 4.32. The van der Waals surface area contributed by atoms with E-state index in [1.807, 2.05) is 6.07 Å². The molecule has 0 aliphatic carbocycles. The lowest BCUT2D eigenvalue weighted by Gasteiger charge is -2.34. The number of Topliss-reactive ketones (excluding diaryl/α,β-unsaturated/α-hetero) is 1. The monoisotopic (exact) mass is 391 g/mol. The van der Waals surface area contributed by atoms with Crippen molar-refractivity contribution in [2.45, 2.75) is 26.2 Å². The summed E-state index contributed by atoms with van der Waals surface area (Å²) in [7, 11) is 0. The number of carbonyl (C=O) groups excluding carboxylic acids is 1. The maximum absolute atomic E-state index is 13.3. The normalized spacial score (nSPS) is 17.8. The van der Waals surface area contributed by atoms with E-state index in [0.717, 1.165) is 30.8 Å². The number of anilines is 1. The number of aromatic nitrogens is 2. The summed E-state index contributed by atoms with van der Waals surface area (Å²) in [6, 6.07) is 4.64. The fraction of sp³-hybridized carbons (Fsp3) is 0.389. The molecule has 126 valence electrons. The molecule has 24 heavy (non-hydrogen) atoms. The van der Waals surface area contributed by atoms with Crippen LogP contribution in [-0.2, 0) is 6.42 Å². The largest absolute Gasteiger partial charge is 0.371 e. The molecule has 1 aliphatic rings. The number of piperidine rings is 1. The molecule has 0 saturated carbocycles. The van der Waals surface area contributed by atoms with Gasteiger partial charge >= 0.3 is 0 Å². The van der Waals surface area contributed by atoms with Crippen LogP contribution in [0.1, 0.15) is 35.8 Å². The molecule has 3 rings (SSSR count). The molecule has 4 nitrogen and oxygen atoms in total. The minimum Gasteiger partial charge on any atom is -0.371 e. The van der Waals surface area contributed by atoms with Gasteiger partial charge in [0.05, 0.1) is 0 Å². The van der Waals surface area contributed by atoms with Crippen LogP contribution in [0.25, 0.3) is 0 Å². The van der Waals surface area contributed by atoms with E-state index in [1.165, 1.54) is 18.6 Å². The highest BCUT2D eigenvalue weighted by Crippen LogP contribution is 2.26. The molecule has 0 spiro atoms. The van der Waals surface area contributed by atoms with E-state index in [9.17, 15) is 9.18 Å². The van der Waals surface area contributed by atoms with Gasteiger partial charge in [0.25, 0.3) is 0 Å². The first-order valence-corrected chi connectivity index (χ1v) is 8.87. The number of halogens is 2. The van der Waals surface area contributed by atoms with Crippen molar-refractivity contribution in [3.8, 4) is 0 Å². The van der Waals surface area contributed by atoms with Crippen molar-refractivity contribution in [2.24, 2.45) is 5.92 Å². The van der Waals surface area contributed by atoms with E-state index in [1.54, 1.807) is 12.4 Å². The van der Waals surface area contributed by atoms with Crippen molar-refractivity contribution in [1.29, 1.82) is 0 Å². The summed E-state index contributed by atoms with van der Waals surface area (Å²) in [6.45, 7) is 4.24. The van der Waals surface area contributed by atoms with Gasteiger partial charge in [0.1, 0.15) is 10.3 Å². The number of nitrogens with zero attached hydrogens (tertiary/aromatic N) is 3. The Hall–Kier alpha value is -1.82. The predicted octanol–water partition coefficient (Wildman–Crippen LogP) is 4.04. The van der Waals surface area contributed by atoms with E-state index < -0.39 is 5.82 Å². The van der Waals surface area contributed by atoms with Crippen molar-refractivity contribution in [3.63, 3.8) is 0 Å². The summed E-state index contributed by atoms with van der Waals surface area (Å²) in [6.07, 6.45) is 6.10. The second-order valence-electron chi connectivity index (χ2n) is 6.27. The van der Waals surface area contributed by atoms with Crippen LogP contribution in [0.4, 0.5) is 10.1 Å². The average molecular weight is 392 g/mol. The summed E-state index contributed by atoms with van der Waals surface area (Å²) < 4.78 is 13.4. The van der Waals surface area contributed by atoms with Gasteiger partial charge in [0.15, 0.2) is 11.6 Å². The summed E-state index contributed by atoms with van der Waals surface area (Å²) in [5.41, 5.74) is 2.20. The molecular weight excluding hydrogens is 373 g/mol. The Kier molecular flexibility index (Phi) is 5.23. The van der Waals surface area contributed by atoms with Gasteiger partial charge in [-0.25, -0.2) is 9.37 Å². The van der Waals surface area contributed by atoms with E-state index in [2.05, 4.69) is 37.7 Å². The molecule has 3 heterocycles. The number of carbonyl (C=O) groups is 1. The first kappa shape index (κ1) is 17.0. The fourth-order valence-corrected chi connectivity index (χ4v) is 3.43. The van der Waals surface area contributed by atoms with Gasteiger partial charge in [-0.15, -0.1) is 0 Å². The minimum atomic E-state index is -0.476. The van der Waals surface area contributed by atoms with E-state index in [0.29, 0.717) is 5.92 Å². The van der Waals surface area contributed by atoms with Crippen LogP contribution in [0.15, 0.2) is 35.2 Å². The van der Waals surface area contributed by atoms with Crippen LogP contribution in [0.3, 0.4) is 0 Å². The zero-order valence-electron chi connectivity index (χ0n) is 13.5. The Morgan fingerprint density at radius 3 is 3.00 bits per heavy atom.